The van der Waals surface area contributed by atoms with E-state index in [0.717, 1.165) is 66.6 Å². The zero-order valence-corrected chi connectivity index (χ0v) is 16.5. The molecule has 27 heavy (non-hydrogen) atoms. The molecule has 2 aliphatic rings. The molecule has 0 saturated heterocycles. The summed E-state index contributed by atoms with van der Waals surface area (Å²) in [7, 11) is 0. The topological polar surface area (TPSA) is 80.2 Å². The van der Waals surface area contributed by atoms with Gasteiger partial charge in [-0.15, -0.1) is 0 Å². The first-order valence-corrected chi connectivity index (χ1v) is 9.82. The number of pyridine rings is 1. The number of allylic oxidation sites excluding steroid dienone is 2. The molecule has 0 spiro atoms. The molecule has 1 aromatic carbocycles. The van der Waals surface area contributed by atoms with E-state index in [9.17, 15) is 0 Å². The number of fused-ring (bicyclic) bond motifs is 2. The van der Waals surface area contributed by atoms with Crippen molar-refractivity contribution in [2.24, 2.45) is 0 Å². The number of nitrogen functional groups attached to an aromatic ring is 2. The Hall–Kier alpha value is -2.53. The van der Waals surface area contributed by atoms with Crippen LogP contribution in [0.1, 0.15) is 55.5 Å². The highest BCUT2D eigenvalue weighted by Crippen LogP contribution is 2.46. The van der Waals surface area contributed by atoms with E-state index in [4.69, 9.17) is 16.5 Å². The molecule has 2 aliphatic heterocycles. The predicted molar refractivity (Wildman–Crippen MR) is 113 cm³/mol. The number of hydrogen-bond acceptors (Lipinski definition) is 5. The van der Waals surface area contributed by atoms with E-state index in [1.807, 2.05) is 12.1 Å². The molecule has 5 heteroatoms. The maximum absolute atomic E-state index is 6.80. The largest absolute Gasteiger partial charge is 0.399 e. The van der Waals surface area contributed by atoms with Gasteiger partial charge in [-0.25, -0.2) is 4.98 Å². The summed E-state index contributed by atoms with van der Waals surface area (Å²) in [6, 6.07) is 8.13. The van der Waals surface area contributed by atoms with E-state index < -0.39 is 0 Å². The van der Waals surface area contributed by atoms with Gasteiger partial charge in [0.05, 0.1) is 5.69 Å². The molecular formula is C22H29N5. The maximum atomic E-state index is 6.80. The van der Waals surface area contributed by atoms with E-state index in [0.29, 0.717) is 0 Å². The standard InChI is InChI=1S/C22H29N5/c1-4-9-27-10-8-18-17(12-27)21(24)20-19(15-6-5-7-16(23)11-15)13(2)14(3)25-22(20)26-18/h5-7,11,19H,4,8-10,12,23H2,1-3H3,(H3,24,25,26). The zero-order chi connectivity index (χ0) is 19.1. The average molecular weight is 364 g/mol. The van der Waals surface area contributed by atoms with E-state index in [-0.39, 0.29) is 5.92 Å². The smallest absolute Gasteiger partial charge is 0.136 e. The van der Waals surface area contributed by atoms with Crippen LogP contribution in [0.15, 0.2) is 35.5 Å². The van der Waals surface area contributed by atoms with E-state index in [2.05, 4.69) is 43.1 Å². The van der Waals surface area contributed by atoms with Crippen LogP contribution in [-0.2, 0) is 13.0 Å². The van der Waals surface area contributed by atoms with Crippen molar-refractivity contribution in [3.63, 3.8) is 0 Å². The summed E-state index contributed by atoms with van der Waals surface area (Å²) in [5.74, 6) is 0.995. The Kier molecular flexibility index (Phi) is 4.56. The lowest BCUT2D eigenvalue weighted by molar-refractivity contribution is 0.253. The van der Waals surface area contributed by atoms with E-state index in [1.165, 1.54) is 16.7 Å². The van der Waals surface area contributed by atoms with Crippen molar-refractivity contribution in [3.8, 4) is 0 Å². The van der Waals surface area contributed by atoms with Gasteiger partial charge < -0.3 is 16.8 Å². The Morgan fingerprint density at radius 2 is 2.07 bits per heavy atom. The number of nitrogens with two attached hydrogens (primary N) is 2. The van der Waals surface area contributed by atoms with Gasteiger partial charge in [0.1, 0.15) is 5.82 Å². The van der Waals surface area contributed by atoms with Crippen LogP contribution in [-0.4, -0.2) is 23.0 Å². The molecule has 0 saturated carbocycles. The fourth-order valence-corrected chi connectivity index (χ4v) is 4.42. The minimum absolute atomic E-state index is 0.0871. The lowest BCUT2D eigenvalue weighted by Gasteiger charge is -2.35. The average Bonchev–Trinajstić information content (AvgIpc) is 2.64. The second kappa shape index (κ2) is 6.89. The predicted octanol–water partition coefficient (Wildman–Crippen LogP) is 3.87. The molecule has 0 aliphatic carbocycles. The molecule has 2 aromatic rings. The van der Waals surface area contributed by atoms with Crippen LogP contribution >= 0.6 is 0 Å². The molecular weight excluding hydrogens is 334 g/mol. The van der Waals surface area contributed by atoms with Gasteiger partial charge in [0.25, 0.3) is 0 Å². The van der Waals surface area contributed by atoms with Gasteiger partial charge in [-0.1, -0.05) is 19.1 Å². The van der Waals surface area contributed by atoms with Crippen LogP contribution in [0.25, 0.3) is 0 Å². The lowest BCUT2D eigenvalue weighted by Crippen LogP contribution is -2.33. The van der Waals surface area contributed by atoms with Crippen molar-refractivity contribution in [2.75, 3.05) is 29.9 Å². The Bertz CT molecular complexity index is 915. The summed E-state index contributed by atoms with van der Waals surface area (Å²) in [5, 5.41) is 3.49. The highest BCUT2D eigenvalue weighted by molar-refractivity contribution is 5.74. The third-order valence-corrected chi connectivity index (χ3v) is 5.92. The first-order chi connectivity index (χ1) is 13.0. The third kappa shape index (κ3) is 3.06. The monoisotopic (exact) mass is 363 g/mol. The molecule has 5 nitrogen and oxygen atoms in total. The Morgan fingerprint density at radius 3 is 2.81 bits per heavy atom. The number of nitrogens with one attached hydrogen (secondary N) is 1. The number of benzene rings is 1. The minimum Gasteiger partial charge on any atom is -0.399 e. The number of hydrogen-bond donors (Lipinski definition) is 3. The molecule has 5 N–H and O–H groups in total. The normalized spacial score (nSPS) is 19.4. The summed E-state index contributed by atoms with van der Waals surface area (Å²) < 4.78 is 0. The van der Waals surface area contributed by atoms with Crippen molar-refractivity contribution < 1.29 is 0 Å². The Labute approximate surface area is 161 Å². The summed E-state index contributed by atoms with van der Waals surface area (Å²) in [4.78, 5) is 7.49. The van der Waals surface area contributed by atoms with Crippen LogP contribution < -0.4 is 16.8 Å². The summed E-state index contributed by atoms with van der Waals surface area (Å²) in [6.07, 6.45) is 2.11. The van der Waals surface area contributed by atoms with Crippen molar-refractivity contribution in [1.82, 2.24) is 9.88 Å². The fourth-order valence-electron chi connectivity index (χ4n) is 4.42. The van der Waals surface area contributed by atoms with Crippen LogP contribution in [0.5, 0.6) is 0 Å². The third-order valence-electron chi connectivity index (χ3n) is 5.92. The van der Waals surface area contributed by atoms with Gasteiger partial charge in [0, 0.05) is 53.6 Å². The van der Waals surface area contributed by atoms with Crippen LogP contribution in [0.4, 0.5) is 17.2 Å². The van der Waals surface area contributed by atoms with Crippen molar-refractivity contribution in [3.05, 3.63) is 57.9 Å². The molecule has 1 atom stereocenters. The molecule has 0 amide bonds. The molecule has 0 fully saturated rings. The van der Waals surface area contributed by atoms with Gasteiger partial charge in [0.15, 0.2) is 0 Å². The summed E-state index contributed by atoms with van der Waals surface area (Å²) in [6.45, 7) is 9.55. The van der Waals surface area contributed by atoms with Crippen molar-refractivity contribution >= 4 is 17.2 Å². The molecule has 3 heterocycles. The number of aromatic nitrogens is 1. The Balaban J connectivity index is 1.86. The highest BCUT2D eigenvalue weighted by atomic mass is 15.1. The molecule has 1 unspecified atom stereocenters. The van der Waals surface area contributed by atoms with E-state index >= 15 is 0 Å². The van der Waals surface area contributed by atoms with Crippen molar-refractivity contribution in [1.29, 1.82) is 0 Å². The summed E-state index contributed by atoms with van der Waals surface area (Å²) in [5.41, 5.74) is 21.6. The quantitative estimate of drug-likeness (QED) is 0.722. The van der Waals surface area contributed by atoms with Gasteiger partial charge in [-0.2, -0.15) is 0 Å². The minimum atomic E-state index is 0.0871. The maximum Gasteiger partial charge on any atom is 0.136 e. The molecule has 4 rings (SSSR count). The van der Waals surface area contributed by atoms with Gasteiger partial charge >= 0.3 is 0 Å². The first kappa shape index (κ1) is 17.9. The SMILES string of the molecule is CCCN1CCc2nc3c(c(N)c2C1)C(c1cccc(N)c1)C(C)=C(C)N3. The van der Waals surface area contributed by atoms with Gasteiger partial charge in [0.2, 0.25) is 0 Å². The molecule has 1 aromatic heterocycles. The number of nitrogens with zero attached hydrogens (tertiary/aromatic N) is 2. The van der Waals surface area contributed by atoms with Crippen molar-refractivity contribution in [2.45, 2.75) is 46.1 Å². The molecule has 0 bridgehead atoms. The second-order valence-electron chi connectivity index (χ2n) is 7.78. The zero-order valence-electron chi connectivity index (χ0n) is 16.5. The first-order valence-electron chi connectivity index (χ1n) is 9.82. The molecule has 0 radical (unpaired) electrons. The van der Waals surface area contributed by atoms with Crippen LogP contribution in [0.3, 0.4) is 0 Å². The van der Waals surface area contributed by atoms with Gasteiger partial charge in [-0.3, -0.25) is 4.90 Å². The highest BCUT2D eigenvalue weighted by Gasteiger charge is 2.32. The summed E-state index contributed by atoms with van der Waals surface area (Å²) >= 11 is 0. The lowest BCUT2D eigenvalue weighted by atomic mass is 9.80. The second-order valence-corrected chi connectivity index (χ2v) is 7.78. The number of anilines is 3. The number of rotatable bonds is 3. The van der Waals surface area contributed by atoms with Crippen LogP contribution in [0.2, 0.25) is 0 Å². The fraction of sp³-hybridized carbons (Fsp3) is 0.409. The van der Waals surface area contributed by atoms with Crippen LogP contribution in [0, 0.1) is 0 Å². The molecule has 142 valence electrons. The Morgan fingerprint density at radius 1 is 1.26 bits per heavy atom. The van der Waals surface area contributed by atoms with E-state index in [1.54, 1.807) is 0 Å². The van der Waals surface area contributed by atoms with Gasteiger partial charge in [-0.05, 0) is 50.1 Å².